The molecule has 0 radical (unpaired) electrons. The monoisotopic (exact) mass is 174 g/mol. The number of pyridine rings is 1. The summed E-state index contributed by atoms with van der Waals surface area (Å²) in [5.41, 5.74) is 4.28. The summed E-state index contributed by atoms with van der Waals surface area (Å²) in [5.74, 6) is 0. The van der Waals surface area contributed by atoms with Gasteiger partial charge in [0.25, 0.3) is 0 Å². The van der Waals surface area contributed by atoms with E-state index in [1.807, 2.05) is 26.1 Å². The third-order valence-electron chi connectivity index (χ3n) is 1.90. The third-order valence-corrected chi connectivity index (χ3v) is 1.90. The quantitative estimate of drug-likeness (QED) is 0.633. The van der Waals surface area contributed by atoms with Crippen molar-refractivity contribution >= 4 is 12.8 Å². The van der Waals surface area contributed by atoms with Gasteiger partial charge in [-0.15, -0.1) is 0 Å². The minimum atomic E-state index is 0.911. The second-order valence-corrected chi connectivity index (χ2v) is 3.13. The van der Waals surface area contributed by atoms with Crippen molar-refractivity contribution in [3.8, 4) is 0 Å². The maximum atomic E-state index is 4.22. The van der Waals surface area contributed by atoms with Crippen LogP contribution in [0.4, 0.5) is 0 Å². The van der Waals surface area contributed by atoms with Crippen LogP contribution in [0.2, 0.25) is 0 Å². The first kappa shape index (κ1) is 9.65. The van der Waals surface area contributed by atoms with Crippen LogP contribution in [0.3, 0.4) is 0 Å². The van der Waals surface area contributed by atoms with E-state index in [9.17, 15) is 0 Å². The molecule has 1 rings (SSSR count). The van der Waals surface area contributed by atoms with Crippen LogP contribution in [0.25, 0.3) is 6.08 Å². The number of aromatic nitrogens is 1. The second kappa shape index (κ2) is 3.99. The third kappa shape index (κ3) is 2.51. The lowest BCUT2D eigenvalue weighted by Crippen LogP contribution is -1.87. The van der Waals surface area contributed by atoms with Gasteiger partial charge in [0.1, 0.15) is 0 Å². The Kier molecular flexibility index (Phi) is 2.96. The van der Waals surface area contributed by atoms with Crippen LogP contribution in [0.15, 0.2) is 23.0 Å². The summed E-state index contributed by atoms with van der Waals surface area (Å²) >= 11 is 0. The molecule has 13 heavy (non-hydrogen) atoms. The van der Waals surface area contributed by atoms with Crippen molar-refractivity contribution in [3.63, 3.8) is 0 Å². The maximum absolute atomic E-state index is 4.22. The predicted octanol–water partition coefficient (Wildman–Crippen LogP) is 2.76. The molecule has 1 aromatic heterocycles. The molecule has 0 saturated carbocycles. The van der Waals surface area contributed by atoms with E-state index in [0.29, 0.717) is 0 Å². The van der Waals surface area contributed by atoms with Gasteiger partial charge in [-0.2, -0.15) is 0 Å². The standard InChI is InChI=1S/C11H14N2/c1-8-5-10(3)13-7-11(8)6-9(2)12-4/h5-7H,4H2,1-3H3/b9-6-. The van der Waals surface area contributed by atoms with Gasteiger partial charge < -0.3 is 0 Å². The average Bonchev–Trinajstić information content (AvgIpc) is 2.09. The Labute approximate surface area is 79.0 Å². The van der Waals surface area contributed by atoms with Gasteiger partial charge in [-0.3, -0.25) is 9.98 Å². The summed E-state index contributed by atoms with van der Waals surface area (Å²) in [6.45, 7) is 9.44. The normalized spacial score (nSPS) is 11.5. The van der Waals surface area contributed by atoms with Gasteiger partial charge in [-0.1, -0.05) is 0 Å². The zero-order valence-electron chi connectivity index (χ0n) is 8.33. The van der Waals surface area contributed by atoms with Crippen LogP contribution >= 0.6 is 0 Å². The topological polar surface area (TPSA) is 25.2 Å². The highest BCUT2D eigenvalue weighted by Crippen LogP contribution is 2.12. The largest absolute Gasteiger partial charge is 0.269 e. The molecular weight excluding hydrogens is 160 g/mol. The Morgan fingerprint density at radius 3 is 2.77 bits per heavy atom. The molecule has 1 heterocycles. The molecule has 0 atom stereocenters. The van der Waals surface area contributed by atoms with Crippen LogP contribution in [-0.4, -0.2) is 11.7 Å². The summed E-state index contributed by atoms with van der Waals surface area (Å²) in [4.78, 5) is 8.05. The molecule has 0 aliphatic carbocycles. The Bertz CT molecular complexity index is 351. The molecule has 2 heteroatoms. The Balaban J connectivity index is 3.09. The van der Waals surface area contributed by atoms with Gasteiger partial charge in [0, 0.05) is 17.6 Å². The summed E-state index contributed by atoms with van der Waals surface area (Å²) < 4.78 is 0. The van der Waals surface area contributed by atoms with Crippen LogP contribution in [0, 0.1) is 13.8 Å². The molecule has 0 saturated heterocycles. The zero-order valence-corrected chi connectivity index (χ0v) is 8.33. The average molecular weight is 174 g/mol. The molecule has 0 aliphatic heterocycles. The van der Waals surface area contributed by atoms with E-state index in [1.165, 1.54) is 5.56 Å². The number of allylic oxidation sites excluding steroid dienone is 1. The first-order valence-corrected chi connectivity index (χ1v) is 4.22. The van der Waals surface area contributed by atoms with E-state index in [4.69, 9.17) is 0 Å². The van der Waals surface area contributed by atoms with E-state index in [1.54, 1.807) is 0 Å². The molecule has 0 fully saturated rings. The molecular formula is C11H14N2. The fraction of sp³-hybridized carbons (Fsp3) is 0.273. The van der Waals surface area contributed by atoms with Crippen molar-refractivity contribution in [1.29, 1.82) is 0 Å². The number of rotatable bonds is 2. The fourth-order valence-corrected chi connectivity index (χ4v) is 1.13. The summed E-state index contributed by atoms with van der Waals surface area (Å²) in [7, 11) is 0. The highest BCUT2D eigenvalue weighted by Gasteiger charge is 1.96. The predicted molar refractivity (Wildman–Crippen MR) is 56.9 cm³/mol. The van der Waals surface area contributed by atoms with E-state index < -0.39 is 0 Å². The Hall–Kier alpha value is -1.44. The lowest BCUT2D eigenvalue weighted by molar-refractivity contribution is 1.16. The van der Waals surface area contributed by atoms with E-state index in [2.05, 4.69) is 29.7 Å². The Morgan fingerprint density at radius 2 is 2.23 bits per heavy atom. The number of aryl methyl sites for hydroxylation is 2. The number of hydrogen-bond donors (Lipinski definition) is 0. The van der Waals surface area contributed by atoms with Crippen molar-refractivity contribution in [2.24, 2.45) is 4.99 Å². The van der Waals surface area contributed by atoms with Gasteiger partial charge >= 0.3 is 0 Å². The number of hydrogen-bond acceptors (Lipinski definition) is 2. The van der Waals surface area contributed by atoms with Crippen molar-refractivity contribution in [3.05, 3.63) is 34.8 Å². The minimum Gasteiger partial charge on any atom is -0.269 e. The molecule has 0 aromatic carbocycles. The fourth-order valence-electron chi connectivity index (χ4n) is 1.13. The highest BCUT2D eigenvalue weighted by atomic mass is 14.7. The molecule has 0 N–H and O–H groups in total. The van der Waals surface area contributed by atoms with Crippen LogP contribution in [0.5, 0.6) is 0 Å². The summed E-state index contributed by atoms with van der Waals surface area (Å²) in [6, 6.07) is 2.06. The van der Waals surface area contributed by atoms with Gasteiger partial charge in [0.05, 0.1) is 0 Å². The first-order chi connectivity index (χ1) is 6.13. The summed E-state index contributed by atoms with van der Waals surface area (Å²) in [5, 5.41) is 0. The lowest BCUT2D eigenvalue weighted by atomic mass is 10.1. The number of aliphatic imine (C=N–C) groups is 1. The van der Waals surface area contributed by atoms with Crippen molar-refractivity contribution in [1.82, 2.24) is 4.98 Å². The number of nitrogens with zero attached hydrogens (tertiary/aromatic N) is 2. The molecule has 0 bridgehead atoms. The molecule has 0 aliphatic rings. The van der Waals surface area contributed by atoms with Crippen LogP contribution < -0.4 is 0 Å². The van der Waals surface area contributed by atoms with E-state index >= 15 is 0 Å². The maximum Gasteiger partial charge on any atom is 0.0375 e. The van der Waals surface area contributed by atoms with Crippen LogP contribution in [-0.2, 0) is 0 Å². The molecule has 0 amide bonds. The second-order valence-electron chi connectivity index (χ2n) is 3.13. The highest BCUT2D eigenvalue weighted by molar-refractivity contribution is 5.56. The van der Waals surface area contributed by atoms with Gasteiger partial charge in [0.15, 0.2) is 0 Å². The molecule has 68 valence electrons. The molecule has 1 aromatic rings. The van der Waals surface area contributed by atoms with Crippen molar-refractivity contribution in [2.75, 3.05) is 0 Å². The lowest BCUT2D eigenvalue weighted by Gasteiger charge is -2.01. The molecule has 2 nitrogen and oxygen atoms in total. The van der Waals surface area contributed by atoms with E-state index in [0.717, 1.165) is 17.0 Å². The molecule has 0 unspecified atom stereocenters. The van der Waals surface area contributed by atoms with Crippen molar-refractivity contribution < 1.29 is 0 Å². The van der Waals surface area contributed by atoms with Crippen LogP contribution in [0.1, 0.15) is 23.7 Å². The van der Waals surface area contributed by atoms with Gasteiger partial charge in [0.2, 0.25) is 0 Å². The zero-order chi connectivity index (χ0) is 9.84. The first-order valence-electron chi connectivity index (χ1n) is 4.22. The SMILES string of the molecule is C=N/C(C)=C\c1cnc(C)cc1C. The van der Waals surface area contributed by atoms with E-state index in [-0.39, 0.29) is 0 Å². The minimum absolute atomic E-state index is 0.911. The van der Waals surface area contributed by atoms with Crippen molar-refractivity contribution in [2.45, 2.75) is 20.8 Å². The summed E-state index contributed by atoms with van der Waals surface area (Å²) in [6.07, 6.45) is 3.84. The van der Waals surface area contributed by atoms with Gasteiger partial charge in [-0.05, 0) is 50.8 Å². The Morgan fingerprint density at radius 1 is 1.54 bits per heavy atom. The smallest absolute Gasteiger partial charge is 0.0375 e. The van der Waals surface area contributed by atoms with Gasteiger partial charge in [-0.25, -0.2) is 0 Å². The molecule has 0 spiro atoms.